The Morgan fingerprint density at radius 3 is 2.53 bits per heavy atom. The van der Waals surface area contributed by atoms with Crippen molar-refractivity contribution < 1.29 is 0 Å². The molecular weight excluding hydrogens is 254 g/mol. The molecule has 1 fully saturated rings. The van der Waals surface area contributed by atoms with Crippen molar-refractivity contribution >= 4 is 16.5 Å². The second kappa shape index (κ2) is 6.71. The lowest BCUT2D eigenvalue weighted by atomic mass is 9.74. The van der Waals surface area contributed by atoms with Crippen molar-refractivity contribution in [1.82, 2.24) is 10.3 Å². The molecule has 3 nitrogen and oxygen atoms in total. The molecule has 108 valence electrons. The molecule has 0 atom stereocenters. The molecule has 0 amide bonds. The molecular formula is C15H27N3S. The van der Waals surface area contributed by atoms with E-state index >= 15 is 0 Å². The Balaban J connectivity index is 1.92. The highest BCUT2D eigenvalue weighted by Gasteiger charge is 2.31. The van der Waals surface area contributed by atoms with Crippen LogP contribution in [0.15, 0.2) is 6.20 Å². The Labute approximate surface area is 121 Å². The van der Waals surface area contributed by atoms with Gasteiger partial charge in [0.2, 0.25) is 0 Å². The summed E-state index contributed by atoms with van der Waals surface area (Å²) in [6, 6.07) is 0. The van der Waals surface area contributed by atoms with Gasteiger partial charge in [0.15, 0.2) is 5.13 Å². The van der Waals surface area contributed by atoms with Crippen LogP contribution < -0.4 is 10.2 Å². The smallest absolute Gasteiger partial charge is 0.185 e. The largest absolute Gasteiger partial charge is 0.348 e. The van der Waals surface area contributed by atoms with Gasteiger partial charge >= 0.3 is 0 Å². The summed E-state index contributed by atoms with van der Waals surface area (Å²) in [5, 5.41) is 4.58. The third kappa shape index (κ3) is 3.48. The molecule has 1 aliphatic rings. The standard InChI is InChI=1S/C15H27N3S/c1-4-15(5-2)7-9-18(10-8-15)14-17-12-13(19-14)11-16-6-3/h12,16H,4-11H2,1-3H3. The van der Waals surface area contributed by atoms with Crippen LogP contribution in [-0.2, 0) is 6.54 Å². The van der Waals surface area contributed by atoms with Crippen LogP contribution in [0.4, 0.5) is 5.13 Å². The molecule has 1 aromatic heterocycles. The van der Waals surface area contributed by atoms with Crippen molar-refractivity contribution in [1.29, 1.82) is 0 Å². The van der Waals surface area contributed by atoms with Gasteiger partial charge in [0.1, 0.15) is 0 Å². The molecule has 1 aromatic rings. The van der Waals surface area contributed by atoms with Crippen molar-refractivity contribution in [2.24, 2.45) is 5.41 Å². The summed E-state index contributed by atoms with van der Waals surface area (Å²) >= 11 is 1.85. The lowest BCUT2D eigenvalue weighted by Gasteiger charge is -2.40. The van der Waals surface area contributed by atoms with E-state index in [1.165, 1.54) is 48.8 Å². The van der Waals surface area contributed by atoms with Crippen molar-refractivity contribution in [3.05, 3.63) is 11.1 Å². The minimum Gasteiger partial charge on any atom is -0.348 e. The summed E-state index contributed by atoms with van der Waals surface area (Å²) in [6.45, 7) is 11.2. The molecule has 19 heavy (non-hydrogen) atoms. The Morgan fingerprint density at radius 2 is 1.95 bits per heavy atom. The number of hydrogen-bond acceptors (Lipinski definition) is 4. The number of hydrogen-bond donors (Lipinski definition) is 1. The van der Waals surface area contributed by atoms with E-state index in [1.807, 2.05) is 17.5 Å². The number of anilines is 1. The van der Waals surface area contributed by atoms with Gasteiger partial charge in [-0.1, -0.05) is 33.6 Å². The van der Waals surface area contributed by atoms with Gasteiger partial charge < -0.3 is 10.2 Å². The maximum Gasteiger partial charge on any atom is 0.185 e. The zero-order chi connectivity index (χ0) is 13.7. The molecule has 1 aliphatic heterocycles. The number of aromatic nitrogens is 1. The van der Waals surface area contributed by atoms with E-state index in [0.717, 1.165) is 13.1 Å². The Morgan fingerprint density at radius 1 is 1.26 bits per heavy atom. The Bertz CT molecular complexity index is 374. The van der Waals surface area contributed by atoms with Crippen LogP contribution in [0.5, 0.6) is 0 Å². The number of piperidine rings is 1. The number of thiazole rings is 1. The topological polar surface area (TPSA) is 28.2 Å². The van der Waals surface area contributed by atoms with Gasteiger partial charge in [0.05, 0.1) is 0 Å². The molecule has 0 radical (unpaired) electrons. The lowest BCUT2D eigenvalue weighted by molar-refractivity contribution is 0.199. The second-order valence-corrected chi connectivity index (χ2v) is 6.68. The summed E-state index contributed by atoms with van der Waals surface area (Å²) in [6.07, 6.45) is 7.32. The summed E-state index contributed by atoms with van der Waals surface area (Å²) in [5.74, 6) is 0. The lowest BCUT2D eigenvalue weighted by Crippen LogP contribution is -2.39. The van der Waals surface area contributed by atoms with Gasteiger partial charge in [-0.05, 0) is 24.8 Å². The zero-order valence-corrected chi connectivity index (χ0v) is 13.4. The van der Waals surface area contributed by atoms with E-state index in [9.17, 15) is 0 Å². The number of nitrogens with zero attached hydrogens (tertiary/aromatic N) is 2. The molecule has 0 bridgehead atoms. The highest BCUT2D eigenvalue weighted by molar-refractivity contribution is 7.15. The zero-order valence-electron chi connectivity index (χ0n) is 12.5. The van der Waals surface area contributed by atoms with Crippen molar-refractivity contribution in [2.75, 3.05) is 24.5 Å². The van der Waals surface area contributed by atoms with Gasteiger partial charge in [-0.25, -0.2) is 4.98 Å². The summed E-state index contributed by atoms with van der Waals surface area (Å²) < 4.78 is 0. The first kappa shape index (κ1) is 14.8. The molecule has 1 N–H and O–H groups in total. The average Bonchev–Trinajstić information content (AvgIpc) is 2.94. The van der Waals surface area contributed by atoms with Crippen LogP contribution in [0.25, 0.3) is 0 Å². The summed E-state index contributed by atoms with van der Waals surface area (Å²) in [4.78, 5) is 8.42. The molecule has 2 heterocycles. The Kier molecular flexibility index (Phi) is 5.22. The van der Waals surface area contributed by atoms with Crippen molar-refractivity contribution in [2.45, 2.75) is 53.0 Å². The van der Waals surface area contributed by atoms with Crippen LogP contribution in [0.1, 0.15) is 51.3 Å². The average molecular weight is 281 g/mol. The normalized spacial score (nSPS) is 18.8. The van der Waals surface area contributed by atoms with Crippen LogP contribution >= 0.6 is 11.3 Å². The fourth-order valence-electron chi connectivity index (χ4n) is 2.90. The molecule has 0 saturated carbocycles. The van der Waals surface area contributed by atoms with E-state index < -0.39 is 0 Å². The monoisotopic (exact) mass is 281 g/mol. The fraction of sp³-hybridized carbons (Fsp3) is 0.800. The minimum atomic E-state index is 0.598. The third-order valence-corrected chi connectivity index (χ3v) is 5.74. The van der Waals surface area contributed by atoms with Crippen LogP contribution in [-0.4, -0.2) is 24.6 Å². The number of nitrogens with one attached hydrogen (secondary N) is 1. The van der Waals surface area contributed by atoms with Crippen molar-refractivity contribution in [3.8, 4) is 0 Å². The highest BCUT2D eigenvalue weighted by Crippen LogP contribution is 2.39. The van der Waals surface area contributed by atoms with Crippen LogP contribution in [0, 0.1) is 5.41 Å². The van der Waals surface area contributed by atoms with Gasteiger partial charge in [-0.3, -0.25) is 0 Å². The maximum absolute atomic E-state index is 4.60. The molecule has 1 saturated heterocycles. The second-order valence-electron chi connectivity index (χ2n) is 5.58. The molecule has 0 aliphatic carbocycles. The van der Waals surface area contributed by atoms with E-state index in [2.05, 4.69) is 36.0 Å². The van der Waals surface area contributed by atoms with Gasteiger partial charge in [0, 0.05) is 30.7 Å². The van der Waals surface area contributed by atoms with Gasteiger partial charge in [0.25, 0.3) is 0 Å². The van der Waals surface area contributed by atoms with Crippen LogP contribution in [0.3, 0.4) is 0 Å². The van der Waals surface area contributed by atoms with Crippen LogP contribution in [0.2, 0.25) is 0 Å². The van der Waals surface area contributed by atoms with Gasteiger partial charge in [-0.15, -0.1) is 11.3 Å². The SMILES string of the molecule is CCNCc1cnc(N2CCC(CC)(CC)CC2)s1. The molecule has 0 aromatic carbocycles. The molecule has 2 rings (SSSR count). The van der Waals surface area contributed by atoms with E-state index in [-0.39, 0.29) is 0 Å². The predicted octanol–water partition coefficient (Wildman–Crippen LogP) is 3.66. The van der Waals surface area contributed by atoms with E-state index in [4.69, 9.17) is 0 Å². The highest BCUT2D eigenvalue weighted by atomic mass is 32.1. The van der Waals surface area contributed by atoms with Gasteiger partial charge in [-0.2, -0.15) is 0 Å². The van der Waals surface area contributed by atoms with Crippen molar-refractivity contribution in [3.63, 3.8) is 0 Å². The molecule has 0 spiro atoms. The number of rotatable bonds is 6. The molecule has 0 unspecified atom stereocenters. The third-order valence-electron chi connectivity index (χ3n) is 4.69. The first-order valence-corrected chi connectivity index (χ1v) is 8.45. The maximum atomic E-state index is 4.60. The Hall–Kier alpha value is -0.610. The fourth-order valence-corrected chi connectivity index (χ4v) is 3.83. The van der Waals surface area contributed by atoms with E-state index in [0.29, 0.717) is 5.41 Å². The van der Waals surface area contributed by atoms with E-state index in [1.54, 1.807) is 0 Å². The first-order valence-electron chi connectivity index (χ1n) is 7.63. The first-order chi connectivity index (χ1) is 9.23. The predicted molar refractivity (Wildman–Crippen MR) is 84.0 cm³/mol. The molecule has 4 heteroatoms. The summed E-state index contributed by atoms with van der Waals surface area (Å²) in [5.41, 5.74) is 0.598. The summed E-state index contributed by atoms with van der Waals surface area (Å²) in [7, 11) is 0. The minimum absolute atomic E-state index is 0.598. The quantitative estimate of drug-likeness (QED) is 0.862.